The van der Waals surface area contributed by atoms with Crippen LogP contribution in [-0.2, 0) is 0 Å². The number of hydrogen-bond acceptors (Lipinski definition) is 2. The molecule has 112 valence electrons. The van der Waals surface area contributed by atoms with Crippen molar-refractivity contribution in [2.75, 3.05) is 5.73 Å². The quantitative estimate of drug-likeness (QED) is 0.510. The van der Waals surface area contributed by atoms with Gasteiger partial charge in [0.15, 0.2) is 0 Å². The van der Waals surface area contributed by atoms with Gasteiger partial charge in [-0.25, -0.2) is 0 Å². The van der Waals surface area contributed by atoms with Crippen LogP contribution in [0.15, 0.2) is 78.9 Å². The highest BCUT2D eigenvalue weighted by Gasteiger charge is 2.04. The first kappa shape index (κ1) is 13.5. The summed E-state index contributed by atoms with van der Waals surface area (Å²) in [5, 5.41) is 1.21. The first-order valence-electron chi connectivity index (χ1n) is 7.49. The number of rotatable bonds is 3. The maximum atomic E-state index is 5.82. The van der Waals surface area contributed by atoms with Crippen LogP contribution in [0, 0.1) is 0 Å². The molecule has 0 bridgehead atoms. The van der Waals surface area contributed by atoms with Crippen LogP contribution in [-0.4, -0.2) is 4.98 Å². The second-order valence-electron chi connectivity index (χ2n) is 5.47. The number of benzene rings is 3. The monoisotopic (exact) mass is 300 g/mol. The summed E-state index contributed by atoms with van der Waals surface area (Å²) >= 11 is 0. The van der Waals surface area contributed by atoms with Gasteiger partial charge in [-0.15, -0.1) is 0 Å². The molecule has 3 aromatic carbocycles. The molecule has 3 nitrogen and oxygen atoms in total. The molecule has 1 heterocycles. The van der Waals surface area contributed by atoms with Gasteiger partial charge in [-0.2, -0.15) is 0 Å². The summed E-state index contributed by atoms with van der Waals surface area (Å²) in [6.07, 6.45) is 0. The predicted octanol–water partition coefficient (Wildman–Crippen LogP) is 5.21. The number of fused-ring (bicyclic) bond motifs is 1. The SMILES string of the molecule is Nc1ccc(Oc2ccc(-c3cc4ccccc4[nH]3)cc2)cc1. The largest absolute Gasteiger partial charge is 0.457 e. The molecule has 0 radical (unpaired) electrons. The molecule has 0 aliphatic carbocycles. The fraction of sp³-hybridized carbons (Fsp3) is 0. The first-order valence-corrected chi connectivity index (χ1v) is 7.49. The van der Waals surface area contributed by atoms with E-state index < -0.39 is 0 Å². The summed E-state index contributed by atoms with van der Waals surface area (Å²) in [5.41, 5.74) is 9.78. The van der Waals surface area contributed by atoms with Gasteiger partial charge >= 0.3 is 0 Å². The van der Waals surface area contributed by atoms with Gasteiger partial charge in [-0.1, -0.05) is 18.2 Å². The number of nitrogen functional groups attached to an aromatic ring is 1. The third kappa shape index (κ3) is 2.77. The molecule has 23 heavy (non-hydrogen) atoms. The first-order chi connectivity index (χ1) is 11.3. The molecule has 0 aliphatic rings. The van der Waals surface area contributed by atoms with Gasteiger partial charge in [0.2, 0.25) is 0 Å². The molecule has 0 unspecified atom stereocenters. The molecule has 0 amide bonds. The van der Waals surface area contributed by atoms with Crippen molar-refractivity contribution in [1.29, 1.82) is 0 Å². The van der Waals surface area contributed by atoms with Crippen LogP contribution in [0.1, 0.15) is 0 Å². The average Bonchev–Trinajstić information content (AvgIpc) is 3.02. The van der Waals surface area contributed by atoms with Crippen molar-refractivity contribution in [2.45, 2.75) is 0 Å². The summed E-state index contributed by atoms with van der Waals surface area (Å²) in [7, 11) is 0. The molecule has 0 aliphatic heterocycles. The van der Waals surface area contributed by atoms with Gasteiger partial charge in [0.05, 0.1) is 0 Å². The molecule has 0 saturated carbocycles. The van der Waals surface area contributed by atoms with E-state index in [1.165, 1.54) is 5.39 Å². The van der Waals surface area contributed by atoms with E-state index in [1.54, 1.807) is 0 Å². The van der Waals surface area contributed by atoms with Crippen LogP contribution >= 0.6 is 0 Å². The number of ether oxygens (including phenoxy) is 1. The summed E-state index contributed by atoms with van der Waals surface area (Å²) < 4.78 is 5.82. The second-order valence-corrected chi connectivity index (χ2v) is 5.47. The fourth-order valence-electron chi connectivity index (χ4n) is 2.60. The predicted molar refractivity (Wildman–Crippen MR) is 94.7 cm³/mol. The van der Waals surface area contributed by atoms with Gasteiger partial charge in [0, 0.05) is 22.3 Å². The van der Waals surface area contributed by atoms with E-state index in [-0.39, 0.29) is 0 Å². The normalized spacial score (nSPS) is 10.8. The fourth-order valence-corrected chi connectivity index (χ4v) is 2.60. The Balaban J connectivity index is 1.58. The molecule has 3 N–H and O–H groups in total. The minimum atomic E-state index is 0.728. The van der Waals surface area contributed by atoms with Crippen molar-refractivity contribution in [2.24, 2.45) is 0 Å². The number of hydrogen-bond donors (Lipinski definition) is 2. The zero-order valence-electron chi connectivity index (χ0n) is 12.5. The molecule has 0 spiro atoms. The maximum Gasteiger partial charge on any atom is 0.127 e. The van der Waals surface area contributed by atoms with E-state index in [2.05, 4.69) is 35.3 Å². The topological polar surface area (TPSA) is 51.0 Å². The molecule has 0 fully saturated rings. The van der Waals surface area contributed by atoms with Crippen molar-refractivity contribution in [1.82, 2.24) is 4.98 Å². The van der Waals surface area contributed by atoms with Crippen molar-refractivity contribution >= 4 is 16.6 Å². The van der Waals surface area contributed by atoms with Crippen LogP contribution in [0.2, 0.25) is 0 Å². The Hall–Kier alpha value is -3.20. The standard InChI is InChI=1S/C20H16N2O/c21-16-7-11-18(12-8-16)23-17-9-5-14(6-10-17)20-13-15-3-1-2-4-19(15)22-20/h1-13,22H,21H2. The number of H-pyrrole nitrogens is 1. The highest BCUT2D eigenvalue weighted by molar-refractivity contribution is 5.85. The van der Waals surface area contributed by atoms with Crippen molar-refractivity contribution in [3.05, 3.63) is 78.9 Å². The lowest BCUT2D eigenvalue weighted by atomic mass is 10.1. The highest BCUT2D eigenvalue weighted by atomic mass is 16.5. The average molecular weight is 300 g/mol. The minimum absolute atomic E-state index is 0.728. The number of aromatic nitrogens is 1. The van der Waals surface area contributed by atoms with E-state index in [1.807, 2.05) is 48.5 Å². The minimum Gasteiger partial charge on any atom is -0.457 e. The Morgan fingerprint density at radius 2 is 1.39 bits per heavy atom. The van der Waals surface area contributed by atoms with Crippen LogP contribution in [0.4, 0.5) is 5.69 Å². The molecule has 4 rings (SSSR count). The van der Waals surface area contributed by atoms with Gasteiger partial charge in [0.25, 0.3) is 0 Å². The molecule has 4 aromatic rings. The number of nitrogens with one attached hydrogen (secondary N) is 1. The maximum absolute atomic E-state index is 5.82. The summed E-state index contributed by atoms with van der Waals surface area (Å²) in [6.45, 7) is 0. The van der Waals surface area contributed by atoms with Crippen molar-refractivity contribution < 1.29 is 4.74 Å². The van der Waals surface area contributed by atoms with Gasteiger partial charge in [0.1, 0.15) is 11.5 Å². The Bertz CT molecular complexity index is 904. The molecule has 0 saturated heterocycles. The smallest absolute Gasteiger partial charge is 0.127 e. The Kier molecular flexibility index (Phi) is 3.24. The molecular weight excluding hydrogens is 284 g/mol. The molecule has 0 atom stereocenters. The Labute approximate surface area is 134 Å². The van der Waals surface area contributed by atoms with E-state index in [4.69, 9.17) is 10.5 Å². The zero-order valence-corrected chi connectivity index (χ0v) is 12.5. The lowest BCUT2D eigenvalue weighted by Crippen LogP contribution is -1.86. The van der Waals surface area contributed by atoms with Crippen LogP contribution in [0.25, 0.3) is 22.2 Å². The van der Waals surface area contributed by atoms with Crippen molar-refractivity contribution in [3.63, 3.8) is 0 Å². The van der Waals surface area contributed by atoms with E-state index in [0.717, 1.165) is 34.0 Å². The van der Waals surface area contributed by atoms with E-state index >= 15 is 0 Å². The third-order valence-corrected chi connectivity index (χ3v) is 3.81. The molecular formula is C20H16N2O. The Morgan fingerprint density at radius 1 is 0.739 bits per heavy atom. The number of para-hydroxylation sites is 1. The number of anilines is 1. The summed E-state index contributed by atoms with van der Waals surface area (Å²) in [4.78, 5) is 3.43. The van der Waals surface area contributed by atoms with Gasteiger partial charge < -0.3 is 15.5 Å². The molecule has 1 aromatic heterocycles. The number of nitrogens with two attached hydrogens (primary N) is 1. The summed E-state index contributed by atoms with van der Waals surface area (Å²) in [6, 6.07) is 25.8. The van der Waals surface area contributed by atoms with E-state index in [0.29, 0.717) is 0 Å². The lowest BCUT2D eigenvalue weighted by molar-refractivity contribution is 0.483. The third-order valence-electron chi connectivity index (χ3n) is 3.81. The Morgan fingerprint density at radius 3 is 2.09 bits per heavy atom. The van der Waals surface area contributed by atoms with E-state index in [9.17, 15) is 0 Å². The van der Waals surface area contributed by atoms with Crippen LogP contribution in [0.3, 0.4) is 0 Å². The number of aromatic amines is 1. The molecule has 3 heteroatoms. The summed E-state index contributed by atoms with van der Waals surface area (Å²) in [5.74, 6) is 1.58. The van der Waals surface area contributed by atoms with Crippen LogP contribution < -0.4 is 10.5 Å². The van der Waals surface area contributed by atoms with Crippen LogP contribution in [0.5, 0.6) is 11.5 Å². The van der Waals surface area contributed by atoms with Gasteiger partial charge in [-0.3, -0.25) is 0 Å². The highest BCUT2D eigenvalue weighted by Crippen LogP contribution is 2.28. The van der Waals surface area contributed by atoms with Crippen molar-refractivity contribution in [3.8, 4) is 22.8 Å². The zero-order chi connectivity index (χ0) is 15.6. The van der Waals surface area contributed by atoms with Gasteiger partial charge in [-0.05, 0) is 66.2 Å². The lowest BCUT2D eigenvalue weighted by Gasteiger charge is -2.06. The second kappa shape index (κ2) is 5.54.